The number of imide groups is 1. The lowest BCUT2D eigenvalue weighted by molar-refractivity contribution is -0.120. The molecule has 0 aliphatic carbocycles. The number of benzene rings is 2. The molecule has 2 N–H and O–H groups in total. The zero-order valence-electron chi connectivity index (χ0n) is 17.7. The first-order valence-electron chi connectivity index (χ1n) is 10.6. The van der Waals surface area contributed by atoms with Gasteiger partial charge in [0.1, 0.15) is 5.82 Å². The number of urea groups is 1. The highest BCUT2D eigenvalue weighted by molar-refractivity contribution is 6.07. The minimum absolute atomic E-state index is 0.105. The summed E-state index contributed by atoms with van der Waals surface area (Å²) in [4.78, 5) is 39.1. The average molecular weight is 460 g/mol. The standard InChI is InChI=1S/C23H23F3N4O3/c24-19-12-15(4-5-16(19)14-29-10-7-23(25,26)8-11-29)21(32)27-17-2-1-3-18(13-17)30-9-6-20(31)28-22(30)33/h1-5,12-13H,6-11,14H2,(H,27,32)(H,28,31,33). The Kier molecular flexibility index (Phi) is 6.37. The van der Waals surface area contributed by atoms with Crippen LogP contribution in [-0.4, -0.2) is 48.3 Å². The highest BCUT2D eigenvalue weighted by atomic mass is 19.3. The van der Waals surface area contributed by atoms with Gasteiger partial charge in [-0.2, -0.15) is 0 Å². The largest absolute Gasteiger partial charge is 0.328 e. The molecule has 174 valence electrons. The number of rotatable bonds is 5. The highest BCUT2D eigenvalue weighted by Crippen LogP contribution is 2.29. The van der Waals surface area contributed by atoms with Gasteiger partial charge in [0, 0.05) is 67.9 Å². The third-order valence-corrected chi connectivity index (χ3v) is 5.77. The van der Waals surface area contributed by atoms with Crippen molar-refractivity contribution >= 4 is 29.2 Å². The second-order valence-corrected chi connectivity index (χ2v) is 8.20. The summed E-state index contributed by atoms with van der Waals surface area (Å²) in [6, 6.07) is 10.1. The highest BCUT2D eigenvalue weighted by Gasteiger charge is 2.34. The number of nitrogens with one attached hydrogen (secondary N) is 2. The molecule has 0 bridgehead atoms. The van der Waals surface area contributed by atoms with Crippen molar-refractivity contribution in [2.24, 2.45) is 0 Å². The second-order valence-electron chi connectivity index (χ2n) is 8.20. The van der Waals surface area contributed by atoms with Crippen LogP contribution in [-0.2, 0) is 11.3 Å². The second kappa shape index (κ2) is 9.22. The van der Waals surface area contributed by atoms with Gasteiger partial charge in [-0.05, 0) is 30.3 Å². The summed E-state index contributed by atoms with van der Waals surface area (Å²) in [5, 5.41) is 4.91. The third-order valence-electron chi connectivity index (χ3n) is 5.77. The number of nitrogens with zero attached hydrogens (tertiary/aromatic N) is 2. The van der Waals surface area contributed by atoms with Crippen LogP contribution in [0.3, 0.4) is 0 Å². The fourth-order valence-electron chi connectivity index (χ4n) is 3.86. The van der Waals surface area contributed by atoms with Crippen LogP contribution < -0.4 is 15.5 Å². The molecule has 0 unspecified atom stereocenters. The van der Waals surface area contributed by atoms with Crippen molar-refractivity contribution in [3.05, 3.63) is 59.4 Å². The van der Waals surface area contributed by atoms with E-state index in [2.05, 4.69) is 10.6 Å². The van der Waals surface area contributed by atoms with E-state index >= 15 is 0 Å². The zero-order chi connectivity index (χ0) is 23.6. The zero-order valence-corrected chi connectivity index (χ0v) is 17.7. The summed E-state index contributed by atoms with van der Waals surface area (Å²) in [6.45, 7) is 0.804. The van der Waals surface area contributed by atoms with Crippen LogP contribution in [0.25, 0.3) is 0 Å². The van der Waals surface area contributed by atoms with Crippen molar-refractivity contribution in [2.45, 2.75) is 31.7 Å². The van der Waals surface area contributed by atoms with Gasteiger partial charge in [-0.25, -0.2) is 18.0 Å². The van der Waals surface area contributed by atoms with E-state index in [1.807, 2.05) is 0 Å². The lowest BCUT2D eigenvalue weighted by atomic mass is 10.0. The average Bonchev–Trinajstić information content (AvgIpc) is 2.76. The molecule has 0 atom stereocenters. The SMILES string of the molecule is O=C1CCN(c2cccc(NC(=O)c3ccc(CN4CCC(F)(F)CC4)c(F)c3)c2)C(=O)N1. The van der Waals surface area contributed by atoms with Crippen molar-refractivity contribution in [2.75, 3.05) is 29.9 Å². The molecule has 7 nitrogen and oxygen atoms in total. The number of anilines is 2. The van der Waals surface area contributed by atoms with Gasteiger partial charge in [-0.3, -0.25) is 24.7 Å². The van der Waals surface area contributed by atoms with Crippen molar-refractivity contribution in [1.29, 1.82) is 0 Å². The molecular weight excluding hydrogens is 437 g/mol. The van der Waals surface area contributed by atoms with Crippen LogP contribution in [0.1, 0.15) is 35.2 Å². The molecule has 2 aliphatic heterocycles. The molecule has 2 saturated heterocycles. The van der Waals surface area contributed by atoms with E-state index in [9.17, 15) is 27.6 Å². The molecule has 33 heavy (non-hydrogen) atoms. The molecule has 0 spiro atoms. The molecule has 2 aliphatic rings. The molecule has 0 radical (unpaired) electrons. The number of amides is 4. The molecule has 0 aromatic heterocycles. The topological polar surface area (TPSA) is 81.8 Å². The first-order chi connectivity index (χ1) is 15.7. The Balaban J connectivity index is 1.40. The number of carbonyl (C=O) groups excluding carboxylic acids is 3. The van der Waals surface area contributed by atoms with Gasteiger partial charge in [0.05, 0.1) is 0 Å². The third kappa shape index (κ3) is 5.51. The number of piperidine rings is 1. The lowest BCUT2D eigenvalue weighted by Crippen LogP contribution is -2.49. The van der Waals surface area contributed by atoms with Crippen molar-refractivity contribution in [3.8, 4) is 0 Å². The number of carbonyl (C=O) groups is 3. The summed E-state index contributed by atoms with van der Waals surface area (Å²) in [5.74, 6) is -4.12. The van der Waals surface area contributed by atoms with Crippen LogP contribution in [0.15, 0.2) is 42.5 Å². The Morgan fingerprint density at radius 1 is 1.06 bits per heavy atom. The quantitative estimate of drug-likeness (QED) is 0.712. The lowest BCUT2D eigenvalue weighted by Gasteiger charge is -2.31. The van der Waals surface area contributed by atoms with Gasteiger partial charge < -0.3 is 5.32 Å². The number of hydrogen-bond acceptors (Lipinski definition) is 4. The summed E-state index contributed by atoms with van der Waals surface area (Å²) in [7, 11) is 0. The first-order valence-corrected chi connectivity index (χ1v) is 10.6. The Labute approximate surface area is 188 Å². The molecule has 2 aromatic carbocycles. The normalized spacial score (nSPS) is 18.7. The summed E-state index contributed by atoms with van der Waals surface area (Å²) >= 11 is 0. The number of hydrogen-bond donors (Lipinski definition) is 2. The minimum Gasteiger partial charge on any atom is -0.322 e. The van der Waals surface area contributed by atoms with Gasteiger partial charge in [-0.15, -0.1) is 0 Å². The monoisotopic (exact) mass is 460 g/mol. The predicted molar refractivity (Wildman–Crippen MR) is 116 cm³/mol. The van der Waals surface area contributed by atoms with Gasteiger partial charge in [-0.1, -0.05) is 12.1 Å². The van der Waals surface area contributed by atoms with Crippen molar-refractivity contribution in [1.82, 2.24) is 10.2 Å². The molecule has 2 fully saturated rings. The van der Waals surface area contributed by atoms with Crippen LogP contribution in [0.5, 0.6) is 0 Å². The Hall–Kier alpha value is -3.40. The van der Waals surface area contributed by atoms with E-state index in [0.29, 0.717) is 16.9 Å². The van der Waals surface area contributed by atoms with E-state index in [1.54, 1.807) is 29.2 Å². The molecule has 0 saturated carbocycles. The Bertz CT molecular complexity index is 1080. The van der Waals surface area contributed by atoms with Crippen LogP contribution in [0, 0.1) is 5.82 Å². The maximum absolute atomic E-state index is 14.6. The van der Waals surface area contributed by atoms with E-state index in [4.69, 9.17) is 0 Å². The summed E-state index contributed by atoms with van der Waals surface area (Å²) in [6.07, 6.45) is -0.319. The maximum Gasteiger partial charge on any atom is 0.328 e. The van der Waals surface area contributed by atoms with E-state index in [0.717, 1.165) is 6.07 Å². The number of halogens is 3. The van der Waals surface area contributed by atoms with Crippen molar-refractivity contribution < 1.29 is 27.6 Å². The van der Waals surface area contributed by atoms with Crippen LogP contribution in [0.4, 0.5) is 29.3 Å². The Morgan fingerprint density at radius 3 is 2.52 bits per heavy atom. The fraction of sp³-hybridized carbons (Fsp3) is 0.348. The summed E-state index contributed by atoms with van der Waals surface area (Å²) in [5.41, 5.74) is 1.35. The van der Waals surface area contributed by atoms with E-state index in [-0.39, 0.29) is 56.9 Å². The van der Waals surface area contributed by atoms with Gasteiger partial charge in [0.2, 0.25) is 5.91 Å². The van der Waals surface area contributed by atoms with Gasteiger partial charge in [0.25, 0.3) is 11.8 Å². The molecule has 2 heterocycles. The number of likely N-dealkylation sites (tertiary alicyclic amines) is 1. The van der Waals surface area contributed by atoms with Crippen molar-refractivity contribution in [3.63, 3.8) is 0 Å². The van der Waals surface area contributed by atoms with Gasteiger partial charge >= 0.3 is 6.03 Å². The van der Waals surface area contributed by atoms with Crippen LogP contribution in [0.2, 0.25) is 0 Å². The van der Waals surface area contributed by atoms with Gasteiger partial charge in [0.15, 0.2) is 0 Å². The van der Waals surface area contributed by atoms with Crippen LogP contribution >= 0.6 is 0 Å². The minimum atomic E-state index is -2.66. The first kappa shape index (κ1) is 22.8. The predicted octanol–water partition coefficient (Wildman–Crippen LogP) is 3.76. The summed E-state index contributed by atoms with van der Waals surface area (Å²) < 4.78 is 41.2. The smallest absolute Gasteiger partial charge is 0.322 e. The maximum atomic E-state index is 14.6. The van der Waals surface area contributed by atoms with E-state index in [1.165, 1.54) is 17.0 Å². The molecule has 10 heteroatoms. The Morgan fingerprint density at radius 2 is 1.82 bits per heavy atom. The van der Waals surface area contributed by atoms with E-state index < -0.39 is 23.7 Å². The molecule has 4 amide bonds. The molecule has 4 rings (SSSR count). The number of alkyl halides is 2. The fourth-order valence-corrected chi connectivity index (χ4v) is 3.86. The molecular formula is C23H23F3N4O3. The molecule has 2 aromatic rings.